The highest BCUT2D eigenvalue weighted by atomic mass is 15.4. The summed E-state index contributed by atoms with van der Waals surface area (Å²) >= 11 is 0. The van der Waals surface area contributed by atoms with Gasteiger partial charge in [-0.05, 0) is 25.5 Å². The normalized spacial score (nSPS) is 10.6. The minimum Gasteiger partial charge on any atom is -0.368 e. The summed E-state index contributed by atoms with van der Waals surface area (Å²) in [5.74, 6) is 1.13. The van der Waals surface area contributed by atoms with Gasteiger partial charge in [0.15, 0.2) is 5.82 Å². The van der Waals surface area contributed by atoms with Crippen LogP contribution >= 0.6 is 0 Å². The number of nitrogen functional groups attached to an aromatic ring is 1. The lowest BCUT2D eigenvalue weighted by molar-refractivity contribution is 0.780. The molecule has 0 unspecified atom stereocenters. The molecule has 0 aliphatic carbocycles. The monoisotopic (exact) mass is 202 g/mol. The molecule has 0 aliphatic rings. The van der Waals surface area contributed by atoms with Crippen LogP contribution < -0.4 is 5.73 Å². The summed E-state index contributed by atoms with van der Waals surface area (Å²) in [7, 11) is 1.79. The van der Waals surface area contributed by atoms with Crippen LogP contribution in [0.3, 0.4) is 0 Å². The molecule has 0 aliphatic heterocycles. The molecular weight excluding hydrogens is 188 g/mol. The van der Waals surface area contributed by atoms with E-state index in [1.54, 1.807) is 11.7 Å². The Morgan fingerprint density at radius 1 is 1.27 bits per heavy atom. The summed E-state index contributed by atoms with van der Waals surface area (Å²) in [6.45, 7) is 4.09. The van der Waals surface area contributed by atoms with Crippen LogP contribution in [0, 0.1) is 13.8 Å². The molecule has 2 N–H and O–H groups in total. The summed E-state index contributed by atoms with van der Waals surface area (Å²) in [4.78, 5) is 4.21. The lowest BCUT2D eigenvalue weighted by Gasteiger charge is -2.02. The predicted molar refractivity (Wildman–Crippen MR) is 60.3 cm³/mol. The second kappa shape index (κ2) is 3.38. The average Bonchev–Trinajstić information content (AvgIpc) is 2.51. The summed E-state index contributed by atoms with van der Waals surface area (Å²) in [6, 6.07) is 6.21. The quantitative estimate of drug-likeness (QED) is 0.765. The lowest BCUT2D eigenvalue weighted by Crippen LogP contribution is -1.97. The van der Waals surface area contributed by atoms with Gasteiger partial charge in [-0.1, -0.05) is 17.7 Å². The van der Waals surface area contributed by atoms with Crippen LogP contribution in [-0.4, -0.2) is 14.8 Å². The van der Waals surface area contributed by atoms with E-state index in [9.17, 15) is 0 Å². The molecule has 1 heterocycles. The maximum absolute atomic E-state index is 5.66. The highest BCUT2D eigenvalue weighted by molar-refractivity contribution is 5.61. The third-order valence-corrected chi connectivity index (χ3v) is 2.43. The van der Waals surface area contributed by atoms with Gasteiger partial charge < -0.3 is 5.73 Å². The molecule has 0 atom stereocenters. The lowest BCUT2D eigenvalue weighted by atomic mass is 10.1. The molecule has 0 bridgehead atoms. The Morgan fingerprint density at radius 3 is 2.60 bits per heavy atom. The van der Waals surface area contributed by atoms with Crippen LogP contribution in [0.2, 0.25) is 0 Å². The van der Waals surface area contributed by atoms with Gasteiger partial charge in [0, 0.05) is 12.6 Å². The first-order chi connectivity index (χ1) is 7.08. The molecule has 0 spiro atoms. The molecule has 1 aromatic carbocycles. The van der Waals surface area contributed by atoms with Gasteiger partial charge in [-0.15, -0.1) is 5.10 Å². The second-order valence-corrected chi connectivity index (χ2v) is 3.74. The number of aromatic nitrogens is 3. The van der Waals surface area contributed by atoms with Crippen molar-refractivity contribution in [2.75, 3.05) is 5.73 Å². The molecule has 2 rings (SSSR count). The van der Waals surface area contributed by atoms with E-state index in [1.165, 1.54) is 5.56 Å². The number of nitrogens with two attached hydrogens (primary N) is 1. The maximum atomic E-state index is 5.66. The van der Waals surface area contributed by atoms with Crippen molar-refractivity contribution >= 4 is 5.95 Å². The zero-order valence-corrected chi connectivity index (χ0v) is 9.15. The van der Waals surface area contributed by atoms with Crippen LogP contribution in [0.25, 0.3) is 11.4 Å². The molecule has 2 aromatic rings. The Balaban J connectivity index is 2.58. The number of aryl methyl sites for hydroxylation is 3. The van der Waals surface area contributed by atoms with E-state index in [1.807, 2.05) is 6.92 Å². The summed E-state index contributed by atoms with van der Waals surface area (Å²) in [5.41, 5.74) is 9.05. The zero-order chi connectivity index (χ0) is 11.0. The third-order valence-electron chi connectivity index (χ3n) is 2.43. The van der Waals surface area contributed by atoms with E-state index < -0.39 is 0 Å². The minimum absolute atomic E-state index is 0.436. The zero-order valence-electron chi connectivity index (χ0n) is 9.15. The van der Waals surface area contributed by atoms with Gasteiger partial charge in [0.25, 0.3) is 0 Å². The topological polar surface area (TPSA) is 56.7 Å². The van der Waals surface area contributed by atoms with Gasteiger partial charge >= 0.3 is 0 Å². The maximum Gasteiger partial charge on any atom is 0.218 e. The average molecular weight is 202 g/mol. The first kappa shape index (κ1) is 9.71. The Labute approximate surface area is 88.8 Å². The van der Waals surface area contributed by atoms with E-state index in [4.69, 9.17) is 5.73 Å². The molecule has 4 nitrogen and oxygen atoms in total. The Morgan fingerprint density at radius 2 is 2.00 bits per heavy atom. The van der Waals surface area contributed by atoms with E-state index in [2.05, 4.69) is 35.2 Å². The first-order valence-corrected chi connectivity index (χ1v) is 4.82. The van der Waals surface area contributed by atoms with Crippen molar-refractivity contribution in [3.8, 4) is 11.4 Å². The van der Waals surface area contributed by atoms with Crippen LogP contribution in [0.1, 0.15) is 11.1 Å². The fourth-order valence-corrected chi connectivity index (χ4v) is 1.49. The van der Waals surface area contributed by atoms with E-state index >= 15 is 0 Å². The summed E-state index contributed by atoms with van der Waals surface area (Å²) in [5, 5.41) is 4.26. The Hall–Kier alpha value is -1.84. The molecular formula is C11H14N4. The number of benzene rings is 1. The van der Waals surface area contributed by atoms with Crippen molar-refractivity contribution < 1.29 is 0 Å². The smallest absolute Gasteiger partial charge is 0.218 e. The van der Waals surface area contributed by atoms with Crippen molar-refractivity contribution in [1.29, 1.82) is 0 Å². The molecule has 15 heavy (non-hydrogen) atoms. The van der Waals surface area contributed by atoms with Crippen LogP contribution in [0.15, 0.2) is 18.2 Å². The van der Waals surface area contributed by atoms with Crippen LogP contribution in [0.5, 0.6) is 0 Å². The Kier molecular flexibility index (Phi) is 2.19. The number of hydrogen-bond acceptors (Lipinski definition) is 3. The molecule has 0 saturated heterocycles. The summed E-state index contributed by atoms with van der Waals surface area (Å²) < 4.78 is 1.58. The third kappa shape index (κ3) is 1.70. The predicted octanol–water partition coefficient (Wildman–Crippen LogP) is 1.68. The molecule has 0 fully saturated rings. The summed E-state index contributed by atoms with van der Waals surface area (Å²) in [6.07, 6.45) is 0. The van der Waals surface area contributed by atoms with E-state index in [0.29, 0.717) is 11.8 Å². The first-order valence-electron chi connectivity index (χ1n) is 4.82. The van der Waals surface area contributed by atoms with Crippen LogP contribution in [-0.2, 0) is 7.05 Å². The Bertz CT molecular complexity index is 480. The van der Waals surface area contributed by atoms with Gasteiger partial charge in [0.2, 0.25) is 5.95 Å². The fraction of sp³-hybridized carbons (Fsp3) is 0.273. The number of rotatable bonds is 1. The number of nitrogens with zero attached hydrogens (tertiary/aromatic N) is 3. The van der Waals surface area contributed by atoms with Gasteiger partial charge in [0.1, 0.15) is 0 Å². The van der Waals surface area contributed by atoms with Crippen LogP contribution in [0.4, 0.5) is 5.95 Å². The fourth-order valence-electron chi connectivity index (χ4n) is 1.49. The molecule has 4 heteroatoms. The van der Waals surface area contributed by atoms with Crippen molar-refractivity contribution in [2.24, 2.45) is 7.05 Å². The molecule has 0 amide bonds. The highest BCUT2D eigenvalue weighted by Gasteiger charge is 2.09. The van der Waals surface area contributed by atoms with Gasteiger partial charge in [0.05, 0.1) is 0 Å². The number of hydrogen-bond donors (Lipinski definition) is 1. The van der Waals surface area contributed by atoms with Crippen molar-refractivity contribution in [1.82, 2.24) is 14.8 Å². The van der Waals surface area contributed by atoms with Gasteiger partial charge in [-0.2, -0.15) is 4.98 Å². The molecule has 1 aromatic heterocycles. The largest absolute Gasteiger partial charge is 0.368 e. The van der Waals surface area contributed by atoms with Gasteiger partial charge in [-0.25, -0.2) is 4.68 Å². The van der Waals surface area contributed by atoms with Crippen molar-refractivity contribution in [3.63, 3.8) is 0 Å². The van der Waals surface area contributed by atoms with Crippen molar-refractivity contribution in [2.45, 2.75) is 13.8 Å². The van der Waals surface area contributed by atoms with E-state index in [-0.39, 0.29) is 0 Å². The highest BCUT2D eigenvalue weighted by Crippen LogP contribution is 2.21. The number of anilines is 1. The molecule has 78 valence electrons. The van der Waals surface area contributed by atoms with Gasteiger partial charge in [-0.3, -0.25) is 0 Å². The standard InChI is InChI=1S/C11H14N4/c1-7-4-5-8(2)9(6-7)10-13-11(12)15(3)14-10/h4-6H,1-3H3,(H2,12,13,14). The molecule has 0 radical (unpaired) electrons. The molecule has 0 saturated carbocycles. The van der Waals surface area contributed by atoms with Crippen molar-refractivity contribution in [3.05, 3.63) is 29.3 Å². The minimum atomic E-state index is 0.436. The second-order valence-electron chi connectivity index (χ2n) is 3.74. The van der Waals surface area contributed by atoms with E-state index in [0.717, 1.165) is 11.1 Å². The SMILES string of the molecule is Cc1ccc(C)c(-c2nc(N)n(C)n2)c1.